The SMILES string of the molecule is COc1c(N2CCC(CN3CC[C@@H](OC4CCN(c5cc(-c6n[nH]c7ccc(OC8(C)CC8)cc67)ncn5)CC4)CC3(C)C)CC2)ccc2c1CN(C1CCC(=O)NC1=O)C2=O. The summed E-state index contributed by atoms with van der Waals surface area (Å²) in [6, 6.07) is 11.4. The quantitative estimate of drug-likeness (QED) is 0.174. The van der Waals surface area contributed by atoms with E-state index >= 15 is 0 Å². The normalized spacial score (nSPS) is 24.4. The van der Waals surface area contributed by atoms with Crippen LogP contribution in [0.3, 0.4) is 0 Å². The molecule has 7 heterocycles. The number of benzene rings is 2. The Morgan fingerprint density at radius 2 is 1.63 bits per heavy atom. The Hall–Kier alpha value is -5.28. The maximum atomic E-state index is 13.4. The van der Waals surface area contributed by atoms with Gasteiger partial charge in [0.2, 0.25) is 11.8 Å². The molecule has 2 atom stereocenters. The van der Waals surface area contributed by atoms with Crippen LogP contribution in [0.2, 0.25) is 0 Å². The minimum atomic E-state index is -0.650. The van der Waals surface area contributed by atoms with Crippen molar-refractivity contribution in [3.63, 3.8) is 0 Å². The van der Waals surface area contributed by atoms with E-state index in [0.717, 1.165) is 136 Å². The Bertz CT molecular complexity index is 2360. The van der Waals surface area contributed by atoms with Gasteiger partial charge in [-0.1, -0.05) is 0 Å². The minimum absolute atomic E-state index is 0.0431. The Kier molecular flexibility index (Phi) is 10.6. The lowest BCUT2D eigenvalue weighted by atomic mass is 9.85. The zero-order chi connectivity index (χ0) is 42.8. The van der Waals surface area contributed by atoms with Crippen LogP contribution in [0.25, 0.3) is 22.3 Å². The molecule has 5 aliphatic heterocycles. The monoisotopic (exact) mass is 845 g/mol. The number of rotatable bonds is 11. The second kappa shape index (κ2) is 16.1. The van der Waals surface area contributed by atoms with E-state index in [-0.39, 0.29) is 41.6 Å². The number of H-pyrrole nitrogens is 1. The Morgan fingerprint density at radius 3 is 2.37 bits per heavy atom. The Labute approximate surface area is 362 Å². The van der Waals surface area contributed by atoms with Crippen molar-refractivity contribution in [1.82, 2.24) is 35.3 Å². The first-order chi connectivity index (χ1) is 29.9. The average Bonchev–Trinajstić information content (AvgIpc) is 3.68. The molecule has 10 rings (SSSR count). The highest BCUT2D eigenvalue weighted by atomic mass is 16.5. The molecule has 2 aromatic carbocycles. The summed E-state index contributed by atoms with van der Waals surface area (Å²) in [5.74, 6) is 2.21. The number of nitrogens with zero attached hydrogens (tertiary/aromatic N) is 7. The smallest absolute Gasteiger partial charge is 0.255 e. The van der Waals surface area contributed by atoms with Crippen LogP contribution < -0.4 is 24.6 Å². The number of fused-ring (bicyclic) bond motifs is 2. The van der Waals surface area contributed by atoms with Crippen LogP contribution in [0.1, 0.15) is 101 Å². The molecule has 1 aliphatic carbocycles. The number of imide groups is 1. The molecule has 328 valence electrons. The lowest BCUT2D eigenvalue weighted by molar-refractivity contribution is -0.136. The van der Waals surface area contributed by atoms with Gasteiger partial charge in [0.15, 0.2) is 0 Å². The highest BCUT2D eigenvalue weighted by Crippen LogP contribution is 2.43. The Balaban J connectivity index is 0.699. The largest absolute Gasteiger partial charge is 0.494 e. The van der Waals surface area contributed by atoms with Crippen LogP contribution in [0.4, 0.5) is 11.5 Å². The summed E-state index contributed by atoms with van der Waals surface area (Å²) in [5.41, 5.74) is 4.96. The second-order valence-electron chi connectivity index (χ2n) is 19.3. The fourth-order valence-corrected chi connectivity index (χ4v) is 10.5. The molecule has 1 unspecified atom stereocenters. The van der Waals surface area contributed by atoms with E-state index in [1.54, 1.807) is 18.3 Å². The number of nitrogens with one attached hydrogen (secondary N) is 2. The third kappa shape index (κ3) is 7.97. The van der Waals surface area contributed by atoms with Gasteiger partial charge in [-0.3, -0.25) is 29.7 Å². The number of likely N-dealkylation sites (tertiary alicyclic amines) is 1. The van der Waals surface area contributed by atoms with Crippen molar-refractivity contribution in [2.75, 3.05) is 56.2 Å². The van der Waals surface area contributed by atoms with Crippen LogP contribution in [-0.2, 0) is 20.9 Å². The second-order valence-corrected chi connectivity index (χ2v) is 19.3. The number of anilines is 2. The zero-order valence-electron chi connectivity index (χ0n) is 36.5. The highest BCUT2D eigenvalue weighted by molar-refractivity contribution is 6.06. The average molecular weight is 846 g/mol. The molecule has 15 heteroatoms. The molecule has 0 bridgehead atoms. The van der Waals surface area contributed by atoms with Crippen molar-refractivity contribution >= 4 is 40.1 Å². The van der Waals surface area contributed by atoms with Crippen molar-refractivity contribution in [1.29, 1.82) is 0 Å². The van der Waals surface area contributed by atoms with E-state index in [0.29, 0.717) is 30.2 Å². The topological polar surface area (TPSA) is 158 Å². The van der Waals surface area contributed by atoms with Crippen LogP contribution in [0.5, 0.6) is 11.5 Å². The summed E-state index contributed by atoms with van der Waals surface area (Å²) in [6.45, 7) is 12.9. The van der Waals surface area contributed by atoms with Crippen LogP contribution in [0, 0.1) is 5.92 Å². The van der Waals surface area contributed by atoms with Crippen LogP contribution in [0.15, 0.2) is 42.7 Å². The van der Waals surface area contributed by atoms with Gasteiger partial charge in [0.1, 0.15) is 41.0 Å². The van der Waals surface area contributed by atoms with Gasteiger partial charge in [-0.05, 0) is 115 Å². The van der Waals surface area contributed by atoms with Gasteiger partial charge < -0.3 is 28.9 Å². The highest BCUT2D eigenvalue weighted by Gasteiger charge is 2.43. The summed E-state index contributed by atoms with van der Waals surface area (Å²) in [7, 11) is 1.66. The lowest BCUT2D eigenvalue weighted by Crippen LogP contribution is -2.54. The maximum Gasteiger partial charge on any atom is 0.255 e. The number of hydrogen-bond acceptors (Lipinski definition) is 12. The van der Waals surface area contributed by atoms with E-state index in [1.165, 1.54) is 0 Å². The summed E-state index contributed by atoms with van der Waals surface area (Å²) < 4.78 is 19.1. The first-order valence-corrected chi connectivity index (χ1v) is 22.7. The molecule has 5 fully saturated rings. The molecule has 2 N–H and O–H groups in total. The molecule has 62 heavy (non-hydrogen) atoms. The van der Waals surface area contributed by atoms with E-state index in [2.05, 4.69) is 73.1 Å². The zero-order valence-corrected chi connectivity index (χ0v) is 36.5. The van der Waals surface area contributed by atoms with Crippen molar-refractivity contribution in [3.8, 4) is 22.9 Å². The molecule has 2 aromatic heterocycles. The molecular formula is C47H59N9O6. The number of aromatic amines is 1. The van der Waals surface area contributed by atoms with E-state index in [9.17, 15) is 14.4 Å². The number of ether oxygens (including phenoxy) is 3. The number of amides is 3. The van der Waals surface area contributed by atoms with E-state index in [4.69, 9.17) is 14.2 Å². The van der Waals surface area contributed by atoms with Gasteiger partial charge in [-0.2, -0.15) is 5.10 Å². The predicted octanol–water partition coefficient (Wildman–Crippen LogP) is 5.87. The summed E-state index contributed by atoms with van der Waals surface area (Å²) in [4.78, 5) is 56.1. The summed E-state index contributed by atoms with van der Waals surface area (Å²) in [6.07, 6.45) is 11.0. The predicted molar refractivity (Wildman–Crippen MR) is 234 cm³/mol. The molecule has 4 aromatic rings. The molecule has 0 radical (unpaired) electrons. The fourth-order valence-electron chi connectivity index (χ4n) is 10.5. The van der Waals surface area contributed by atoms with Crippen molar-refractivity contribution in [2.45, 2.75) is 121 Å². The van der Waals surface area contributed by atoms with Crippen molar-refractivity contribution < 1.29 is 28.6 Å². The first-order valence-electron chi connectivity index (χ1n) is 22.7. The third-order valence-electron chi connectivity index (χ3n) is 14.5. The van der Waals surface area contributed by atoms with Crippen LogP contribution >= 0.6 is 0 Å². The van der Waals surface area contributed by atoms with Gasteiger partial charge in [-0.15, -0.1) is 0 Å². The van der Waals surface area contributed by atoms with Crippen LogP contribution in [-0.4, -0.2) is 123 Å². The summed E-state index contributed by atoms with van der Waals surface area (Å²) >= 11 is 0. The number of carbonyl (C=O) groups excluding carboxylic acids is 3. The molecule has 0 spiro atoms. The molecular weight excluding hydrogens is 787 g/mol. The number of piperidine rings is 4. The molecule has 1 saturated carbocycles. The molecule has 15 nitrogen and oxygen atoms in total. The summed E-state index contributed by atoms with van der Waals surface area (Å²) in [5, 5.41) is 11.2. The number of carbonyl (C=O) groups is 3. The standard InChI is InChI=1S/C47H59N9O6/c1-46(2)25-32(61-30-13-20-54(21-14-30)40-24-37(48-28-49-40)42-34-23-31(62-47(3)16-17-47)5-7-36(34)51-52-42)15-22-55(46)26-29-11-18-53(19-12-29)38-8-6-33-35(43(38)60-4)27-56(45(33)59)39-9-10-41(57)50-44(39)58/h5-8,23-24,28-30,32,39H,9-22,25-27H2,1-4H3,(H,51,52)(H,50,57,58)/t32-,39?/m1/s1. The number of hydrogen-bond donors (Lipinski definition) is 2. The van der Waals surface area contributed by atoms with E-state index < -0.39 is 11.9 Å². The van der Waals surface area contributed by atoms with Gasteiger partial charge >= 0.3 is 0 Å². The lowest BCUT2D eigenvalue weighted by Gasteiger charge is -2.48. The van der Waals surface area contributed by atoms with Gasteiger partial charge in [0.05, 0.1) is 42.8 Å². The fraction of sp³-hybridized carbons (Fsp3) is 0.574. The van der Waals surface area contributed by atoms with Crippen molar-refractivity contribution in [3.05, 3.63) is 53.9 Å². The number of aromatic nitrogens is 4. The molecule has 6 aliphatic rings. The van der Waals surface area contributed by atoms with Gasteiger partial charge in [0.25, 0.3) is 5.91 Å². The van der Waals surface area contributed by atoms with Gasteiger partial charge in [-0.25, -0.2) is 9.97 Å². The number of methoxy groups -OCH3 is 1. The molecule has 4 saturated heterocycles. The Morgan fingerprint density at radius 1 is 0.855 bits per heavy atom. The molecule has 3 amide bonds. The minimum Gasteiger partial charge on any atom is -0.494 e. The van der Waals surface area contributed by atoms with Crippen molar-refractivity contribution in [2.24, 2.45) is 5.92 Å². The van der Waals surface area contributed by atoms with E-state index in [1.807, 2.05) is 24.3 Å². The maximum absolute atomic E-state index is 13.4. The van der Waals surface area contributed by atoms with Gasteiger partial charge in [0, 0.05) is 73.8 Å². The third-order valence-corrected chi connectivity index (χ3v) is 14.5. The first kappa shape index (κ1) is 40.8.